The van der Waals surface area contributed by atoms with Crippen molar-refractivity contribution in [3.8, 4) is 0 Å². The minimum Gasteiger partial charge on any atom is -0.459 e. The zero-order valence-electron chi connectivity index (χ0n) is 39.2. The van der Waals surface area contributed by atoms with Crippen LogP contribution in [0.5, 0.6) is 0 Å². The van der Waals surface area contributed by atoms with Gasteiger partial charge in [-0.2, -0.15) is 0 Å². The molecule has 0 bridgehead atoms. The van der Waals surface area contributed by atoms with Crippen LogP contribution in [0.1, 0.15) is 56.8 Å². The number of rotatable bonds is 21. The summed E-state index contributed by atoms with van der Waals surface area (Å²) in [5.41, 5.74) is 4.39. The van der Waals surface area contributed by atoms with E-state index in [9.17, 15) is 9.59 Å². The average molecular weight is 951 g/mol. The summed E-state index contributed by atoms with van der Waals surface area (Å²) in [6.07, 6.45) is -7.68. The Balaban J connectivity index is 1.10. The highest BCUT2D eigenvalue weighted by molar-refractivity contribution is 5.89. The molecule has 0 aliphatic carbocycles. The van der Waals surface area contributed by atoms with E-state index in [4.69, 9.17) is 52.1 Å². The lowest BCUT2D eigenvalue weighted by Gasteiger charge is -2.48. The Bertz CT molecular complexity index is 2540. The Morgan fingerprint density at radius 3 is 1.43 bits per heavy atom. The van der Waals surface area contributed by atoms with Crippen LogP contribution in [-0.4, -0.2) is 92.4 Å². The van der Waals surface area contributed by atoms with E-state index in [0.29, 0.717) is 11.1 Å². The molecule has 3 heterocycles. The molecule has 9 atom stereocenters. The van der Waals surface area contributed by atoms with Crippen LogP contribution in [0.4, 0.5) is 0 Å². The number of carbonyl (C=O) groups is 2. The third-order valence-electron chi connectivity index (χ3n) is 12.2. The van der Waals surface area contributed by atoms with Crippen molar-refractivity contribution in [2.24, 2.45) is 0 Å². The predicted octanol–water partition coefficient (Wildman–Crippen LogP) is 9.03. The fourth-order valence-corrected chi connectivity index (χ4v) is 8.84. The molecule has 6 aromatic rings. The minimum atomic E-state index is -1.94. The van der Waals surface area contributed by atoms with Crippen LogP contribution in [0.25, 0.3) is 0 Å². The first-order valence-corrected chi connectivity index (χ1v) is 23.6. The summed E-state index contributed by atoms with van der Waals surface area (Å²) in [6.45, 7) is 3.68. The first kappa shape index (κ1) is 48.9. The van der Waals surface area contributed by atoms with Gasteiger partial charge in [0.15, 0.2) is 12.1 Å². The fraction of sp³-hybridized carbons (Fsp3) is 0.333. The van der Waals surface area contributed by atoms with Crippen LogP contribution in [0.3, 0.4) is 0 Å². The van der Waals surface area contributed by atoms with Gasteiger partial charge in [0.1, 0.15) is 55.9 Å². The third kappa shape index (κ3) is 12.4. The number of ether oxygens (including phenoxy) is 11. The van der Waals surface area contributed by atoms with E-state index in [1.807, 2.05) is 133 Å². The highest BCUT2D eigenvalue weighted by atomic mass is 16.9. The van der Waals surface area contributed by atoms with Crippen molar-refractivity contribution in [1.29, 1.82) is 0 Å². The number of hydrogen-bond donors (Lipinski definition) is 0. The Hall–Kier alpha value is -6.10. The van der Waals surface area contributed by atoms with Crippen molar-refractivity contribution in [1.82, 2.24) is 0 Å². The maximum Gasteiger partial charge on any atom is 0.338 e. The Kier molecular flexibility index (Phi) is 16.2. The molecule has 0 spiro atoms. The molecule has 70 heavy (non-hydrogen) atoms. The van der Waals surface area contributed by atoms with Gasteiger partial charge in [-0.3, -0.25) is 0 Å². The standard InChI is InChI=1S/C57H58O13/c1-56(2)68-49-47(38-64-53(58)44-29-17-7-18-30-44)67-57(52(49)69-56,39-65-54(59)45-31-19-8-20-32-45)70-55-51(63-36-43-27-15-6-16-28-43)50(62-35-42-25-13-5-14-26-42)48(61-34-41-23-11-4-12-24-41)46(66-55)37-60-33-40-21-9-3-10-22-40/h3-32,46-52,55H,33-39H2,1-2H3/t46-,47-,48+,49-,50+,51-,52-,55+,57+/m1/s1. The molecule has 3 saturated heterocycles. The Labute approximate surface area is 408 Å². The quantitative estimate of drug-likeness (QED) is 0.0636. The lowest BCUT2D eigenvalue weighted by molar-refractivity contribution is -0.399. The number of fused-ring (bicyclic) bond motifs is 1. The van der Waals surface area contributed by atoms with Gasteiger partial charge in [0.2, 0.25) is 5.79 Å². The zero-order valence-corrected chi connectivity index (χ0v) is 39.2. The molecule has 0 amide bonds. The maximum absolute atomic E-state index is 13.8. The zero-order chi connectivity index (χ0) is 48.2. The monoisotopic (exact) mass is 950 g/mol. The molecule has 0 unspecified atom stereocenters. The van der Waals surface area contributed by atoms with Gasteiger partial charge in [0, 0.05) is 0 Å². The second-order valence-corrected chi connectivity index (χ2v) is 17.8. The first-order chi connectivity index (χ1) is 34.2. The molecule has 3 fully saturated rings. The number of esters is 2. The fourth-order valence-electron chi connectivity index (χ4n) is 8.84. The number of hydrogen-bond acceptors (Lipinski definition) is 13. The van der Waals surface area contributed by atoms with E-state index in [0.717, 1.165) is 22.3 Å². The van der Waals surface area contributed by atoms with Gasteiger partial charge >= 0.3 is 11.9 Å². The second kappa shape index (κ2) is 23.2. The van der Waals surface area contributed by atoms with E-state index >= 15 is 0 Å². The molecule has 364 valence electrons. The van der Waals surface area contributed by atoms with Gasteiger partial charge in [-0.25, -0.2) is 9.59 Å². The van der Waals surface area contributed by atoms with Crippen molar-refractivity contribution in [2.75, 3.05) is 19.8 Å². The summed E-state index contributed by atoms with van der Waals surface area (Å²) in [7, 11) is 0. The summed E-state index contributed by atoms with van der Waals surface area (Å²) in [5, 5.41) is 0. The summed E-state index contributed by atoms with van der Waals surface area (Å²) in [6, 6.07) is 56.5. The summed E-state index contributed by atoms with van der Waals surface area (Å²) >= 11 is 0. The number of carbonyl (C=O) groups excluding carboxylic acids is 2. The molecule has 0 radical (unpaired) electrons. The van der Waals surface area contributed by atoms with Crippen molar-refractivity contribution in [3.63, 3.8) is 0 Å². The summed E-state index contributed by atoms with van der Waals surface area (Å²) in [4.78, 5) is 27.2. The van der Waals surface area contributed by atoms with E-state index < -0.39 is 79.1 Å². The molecule has 13 heteroatoms. The van der Waals surface area contributed by atoms with Gasteiger partial charge in [-0.05, 0) is 60.4 Å². The Morgan fingerprint density at radius 1 is 0.471 bits per heavy atom. The largest absolute Gasteiger partial charge is 0.459 e. The van der Waals surface area contributed by atoms with E-state index in [1.54, 1.807) is 62.4 Å². The van der Waals surface area contributed by atoms with Crippen LogP contribution in [0, 0.1) is 0 Å². The van der Waals surface area contributed by atoms with E-state index in [2.05, 4.69) is 0 Å². The third-order valence-corrected chi connectivity index (χ3v) is 12.2. The first-order valence-electron chi connectivity index (χ1n) is 23.6. The molecular formula is C57H58O13. The lowest BCUT2D eigenvalue weighted by atomic mass is 9.97. The number of benzene rings is 6. The van der Waals surface area contributed by atoms with Crippen molar-refractivity contribution in [2.45, 2.75) is 101 Å². The molecule has 9 rings (SSSR count). The molecular weight excluding hydrogens is 893 g/mol. The van der Waals surface area contributed by atoms with Gasteiger partial charge in [0.25, 0.3) is 0 Å². The SMILES string of the molecule is CC1(C)O[C@H]2[C@@H](O1)[C@](COC(=O)c1ccccc1)(O[C@@H]1O[C@H](COCc3ccccc3)[C@H](OCc3ccccc3)[C@H](OCc3ccccc3)[C@H]1OCc1ccccc1)O[C@@H]2COC(=O)c1ccccc1. The molecule has 6 aromatic carbocycles. The Morgan fingerprint density at radius 2 is 0.914 bits per heavy atom. The average Bonchev–Trinajstić information content (AvgIpc) is 3.87. The predicted molar refractivity (Wildman–Crippen MR) is 256 cm³/mol. The normalized spacial score (nSPS) is 25.7. The highest BCUT2D eigenvalue weighted by Crippen LogP contribution is 2.47. The molecule has 13 nitrogen and oxygen atoms in total. The summed E-state index contributed by atoms with van der Waals surface area (Å²) in [5.74, 6) is -4.30. The van der Waals surface area contributed by atoms with Crippen LogP contribution >= 0.6 is 0 Å². The minimum absolute atomic E-state index is 0.0540. The molecule has 0 saturated carbocycles. The van der Waals surface area contributed by atoms with Gasteiger partial charge < -0.3 is 52.1 Å². The van der Waals surface area contributed by atoms with Crippen LogP contribution < -0.4 is 0 Å². The molecule has 3 aliphatic rings. The van der Waals surface area contributed by atoms with E-state index in [-0.39, 0.29) is 39.6 Å². The smallest absolute Gasteiger partial charge is 0.338 e. The van der Waals surface area contributed by atoms with E-state index in [1.165, 1.54) is 0 Å². The van der Waals surface area contributed by atoms with Crippen molar-refractivity contribution < 1.29 is 61.7 Å². The van der Waals surface area contributed by atoms with Crippen molar-refractivity contribution in [3.05, 3.63) is 215 Å². The van der Waals surface area contributed by atoms with Gasteiger partial charge in [-0.15, -0.1) is 0 Å². The molecule has 0 aromatic heterocycles. The van der Waals surface area contributed by atoms with Crippen LogP contribution in [-0.2, 0) is 78.5 Å². The lowest BCUT2D eigenvalue weighted by Crippen LogP contribution is -2.64. The van der Waals surface area contributed by atoms with Crippen LogP contribution in [0.2, 0.25) is 0 Å². The highest BCUT2D eigenvalue weighted by Gasteiger charge is 2.67. The summed E-state index contributed by atoms with van der Waals surface area (Å²) < 4.78 is 73.7. The maximum atomic E-state index is 13.8. The topological polar surface area (TPSA) is 136 Å². The molecule has 0 N–H and O–H groups in total. The van der Waals surface area contributed by atoms with Gasteiger partial charge in [0.05, 0.1) is 44.2 Å². The molecule has 3 aliphatic heterocycles. The van der Waals surface area contributed by atoms with Crippen molar-refractivity contribution >= 4 is 11.9 Å². The van der Waals surface area contributed by atoms with Crippen LogP contribution in [0.15, 0.2) is 182 Å². The second-order valence-electron chi connectivity index (χ2n) is 17.8. The van der Waals surface area contributed by atoms with Gasteiger partial charge in [-0.1, -0.05) is 158 Å².